The largest absolute Gasteiger partial charge is 0.412 e. The Kier molecular flexibility index (Phi) is 220. The molecule has 4 heavy (non-hydrogen) atoms. The van der Waals surface area contributed by atoms with Gasteiger partial charge in [-0.3, -0.25) is 0 Å². The minimum absolute atomic E-state index is 0. The van der Waals surface area contributed by atoms with Crippen molar-refractivity contribution in [2.24, 2.45) is 0 Å². The molecule has 0 spiro atoms. The number of hydrogen-bond acceptors (Lipinski definition) is 0. The minimum atomic E-state index is 0. The van der Waals surface area contributed by atoms with E-state index in [2.05, 4.69) is 0 Å². The summed E-state index contributed by atoms with van der Waals surface area (Å²) in [5, 5.41) is 0. The fourth-order valence-electron chi connectivity index (χ4n) is 0. The van der Waals surface area contributed by atoms with Crippen LogP contribution in [0.2, 0.25) is 0 Å². The van der Waals surface area contributed by atoms with Crippen LogP contribution in [0, 0.1) is 41.7 Å². The summed E-state index contributed by atoms with van der Waals surface area (Å²) >= 11 is 0. The van der Waals surface area contributed by atoms with Crippen molar-refractivity contribution >= 4 is 0 Å². The van der Waals surface area contributed by atoms with Crippen molar-refractivity contribution in [3.05, 3.63) is 0 Å². The van der Waals surface area contributed by atoms with Crippen LogP contribution < -0.4 is 0 Å². The number of rotatable bonds is 0. The zero-order chi connectivity index (χ0) is 0. The molecule has 0 saturated heterocycles. The third-order valence-corrected chi connectivity index (χ3v) is 0. The van der Waals surface area contributed by atoms with Gasteiger partial charge in [0.25, 0.3) is 0 Å². The molecule has 0 aliphatic heterocycles. The quantitative estimate of drug-likeness (QED) is 0.483. The van der Waals surface area contributed by atoms with E-state index in [4.69, 9.17) is 0 Å². The molecule has 0 aromatic heterocycles. The molecule has 0 unspecified atom stereocenters. The SMILES string of the molecule is O.O.[Ce].[Co]. The summed E-state index contributed by atoms with van der Waals surface area (Å²) in [5.74, 6) is 0. The summed E-state index contributed by atoms with van der Waals surface area (Å²) in [4.78, 5) is 0. The minimum Gasteiger partial charge on any atom is -0.412 e. The van der Waals surface area contributed by atoms with E-state index in [-0.39, 0.29) is 69.5 Å². The van der Waals surface area contributed by atoms with Gasteiger partial charge in [-0.25, -0.2) is 0 Å². The fourth-order valence-corrected chi connectivity index (χ4v) is 0. The van der Waals surface area contributed by atoms with Gasteiger partial charge in [0.15, 0.2) is 0 Å². The van der Waals surface area contributed by atoms with Crippen molar-refractivity contribution < 1.29 is 69.5 Å². The van der Waals surface area contributed by atoms with Gasteiger partial charge in [0.2, 0.25) is 0 Å². The predicted molar refractivity (Wildman–Crippen MR) is 7.23 cm³/mol. The van der Waals surface area contributed by atoms with Crippen LogP contribution in [0.3, 0.4) is 0 Å². The summed E-state index contributed by atoms with van der Waals surface area (Å²) in [6.45, 7) is 0. The van der Waals surface area contributed by atoms with E-state index in [0.717, 1.165) is 0 Å². The molecule has 0 heterocycles. The molecule has 0 atom stereocenters. The van der Waals surface area contributed by atoms with E-state index in [0.29, 0.717) is 0 Å². The molecular weight excluding hydrogens is 231 g/mol. The molecule has 0 aromatic carbocycles. The normalized spacial score (nSPS) is 0. The molecule has 0 aliphatic rings. The van der Waals surface area contributed by atoms with E-state index in [1.54, 1.807) is 0 Å². The summed E-state index contributed by atoms with van der Waals surface area (Å²) in [7, 11) is 0. The average Bonchev–Trinajstić information content (AvgIpc) is 0. The van der Waals surface area contributed by atoms with E-state index in [1.165, 1.54) is 0 Å². The Morgan fingerprint density at radius 3 is 0.750 bits per heavy atom. The van der Waals surface area contributed by atoms with Crippen molar-refractivity contribution in [1.29, 1.82) is 0 Å². The van der Waals surface area contributed by atoms with E-state index < -0.39 is 0 Å². The van der Waals surface area contributed by atoms with Gasteiger partial charge in [-0.2, -0.15) is 0 Å². The summed E-state index contributed by atoms with van der Waals surface area (Å²) in [5.41, 5.74) is 0. The Morgan fingerprint density at radius 2 is 0.750 bits per heavy atom. The summed E-state index contributed by atoms with van der Waals surface area (Å²) < 4.78 is 0. The van der Waals surface area contributed by atoms with E-state index in [1.807, 2.05) is 0 Å². The second-order valence-corrected chi connectivity index (χ2v) is 0. The van der Waals surface area contributed by atoms with Crippen LogP contribution in [0.25, 0.3) is 0 Å². The molecule has 29 valence electrons. The van der Waals surface area contributed by atoms with Crippen LogP contribution in [0.5, 0.6) is 0 Å². The molecule has 0 aliphatic carbocycles. The van der Waals surface area contributed by atoms with Crippen molar-refractivity contribution in [2.75, 3.05) is 0 Å². The maximum Gasteiger partial charge on any atom is 0 e. The van der Waals surface area contributed by atoms with Gasteiger partial charge in [0.1, 0.15) is 0 Å². The first kappa shape index (κ1) is 41.2. The average molecular weight is 235 g/mol. The van der Waals surface area contributed by atoms with Gasteiger partial charge in [-0.15, -0.1) is 0 Å². The van der Waals surface area contributed by atoms with Gasteiger partial charge in [-0.1, -0.05) is 0 Å². The molecule has 4 N–H and O–H groups in total. The van der Waals surface area contributed by atoms with Gasteiger partial charge in [0.05, 0.1) is 0 Å². The van der Waals surface area contributed by atoms with Gasteiger partial charge in [0, 0.05) is 58.5 Å². The van der Waals surface area contributed by atoms with Gasteiger partial charge in [-0.05, 0) is 0 Å². The van der Waals surface area contributed by atoms with Crippen molar-refractivity contribution in [2.45, 2.75) is 0 Å². The Bertz CT molecular complexity index is 6.00. The number of hydrogen-bond donors (Lipinski definition) is 0. The summed E-state index contributed by atoms with van der Waals surface area (Å²) in [6, 6.07) is 0. The first-order valence-corrected chi connectivity index (χ1v) is 0. The maximum atomic E-state index is 0. The van der Waals surface area contributed by atoms with E-state index >= 15 is 0 Å². The zero-order valence-corrected chi connectivity index (χ0v) is 6.01. The smallest absolute Gasteiger partial charge is 0 e. The molecule has 4 heteroatoms. The molecule has 0 fully saturated rings. The zero-order valence-electron chi connectivity index (χ0n) is 1.83. The first-order valence-electron chi connectivity index (χ1n) is 0. The van der Waals surface area contributed by atoms with Crippen LogP contribution in [-0.2, 0) is 16.8 Å². The molecule has 0 aromatic rings. The molecule has 0 rings (SSSR count). The Hall–Kier alpha value is 1.80. The maximum absolute atomic E-state index is 0. The molecule has 1 radical (unpaired) electrons. The fraction of sp³-hybridized carbons (Fsp3) is 0. The second kappa shape index (κ2) is 21.4. The second-order valence-electron chi connectivity index (χ2n) is 0. The van der Waals surface area contributed by atoms with Gasteiger partial charge < -0.3 is 11.0 Å². The molecule has 0 saturated carbocycles. The Morgan fingerprint density at radius 1 is 0.750 bits per heavy atom. The predicted octanol–water partition coefficient (Wildman–Crippen LogP) is -1.65. The molecule has 2 nitrogen and oxygen atoms in total. The molecule has 0 bridgehead atoms. The Labute approximate surface area is 68.5 Å². The van der Waals surface area contributed by atoms with Crippen molar-refractivity contribution in [1.82, 2.24) is 0 Å². The molecular formula is H4CeCoO2. The topological polar surface area (TPSA) is 63.0 Å². The van der Waals surface area contributed by atoms with Gasteiger partial charge >= 0.3 is 0 Å². The standard InChI is InChI=1S/Ce.Co.2H2O/h;;2*1H2. The van der Waals surface area contributed by atoms with Crippen LogP contribution in [0.15, 0.2) is 0 Å². The third-order valence-electron chi connectivity index (χ3n) is 0. The van der Waals surface area contributed by atoms with E-state index in [9.17, 15) is 0 Å². The van der Waals surface area contributed by atoms with Crippen LogP contribution in [-0.4, -0.2) is 11.0 Å². The van der Waals surface area contributed by atoms with Crippen molar-refractivity contribution in [3.8, 4) is 0 Å². The summed E-state index contributed by atoms with van der Waals surface area (Å²) in [6.07, 6.45) is 0. The Balaban J connectivity index is 0. The first-order chi connectivity index (χ1) is 0. The molecule has 0 amide bonds. The monoisotopic (exact) mass is 235 g/mol. The third kappa shape index (κ3) is 9.19. The van der Waals surface area contributed by atoms with Crippen LogP contribution >= 0.6 is 0 Å². The van der Waals surface area contributed by atoms with Crippen LogP contribution in [0.4, 0.5) is 0 Å². The van der Waals surface area contributed by atoms with Crippen molar-refractivity contribution in [3.63, 3.8) is 0 Å². The van der Waals surface area contributed by atoms with Crippen LogP contribution in [0.1, 0.15) is 0 Å².